The molecule has 0 aromatic rings. The highest BCUT2D eigenvalue weighted by Gasteiger charge is 2.30. The van der Waals surface area contributed by atoms with Crippen molar-refractivity contribution < 1.29 is 80.2 Å². The minimum atomic E-state index is -4.95. The summed E-state index contributed by atoms with van der Waals surface area (Å²) in [7, 11) is -9.89. The van der Waals surface area contributed by atoms with Gasteiger partial charge < -0.3 is 33.8 Å². The fourth-order valence-corrected chi connectivity index (χ4v) is 11.2. The summed E-state index contributed by atoms with van der Waals surface area (Å²) < 4.78 is 68.0. The number of unbranched alkanes of at least 4 members (excludes halogenated alkanes) is 29. The van der Waals surface area contributed by atoms with E-state index in [0.717, 1.165) is 120 Å². The second-order valence-electron chi connectivity index (χ2n) is 24.5. The van der Waals surface area contributed by atoms with Crippen LogP contribution in [0.5, 0.6) is 0 Å². The quantitative estimate of drug-likeness (QED) is 0.0222. The van der Waals surface area contributed by atoms with Crippen molar-refractivity contribution in [2.45, 2.75) is 336 Å². The summed E-state index contributed by atoms with van der Waals surface area (Å²) in [5.74, 6) is 0.142. The lowest BCUT2D eigenvalue weighted by Crippen LogP contribution is -2.30. The molecular formula is C65H126O17P2. The van der Waals surface area contributed by atoms with Crippen LogP contribution in [0.3, 0.4) is 0 Å². The number of esters is 4. The van der Waals surface area contributed by atoms with Gasteiger partial charge in [-0.15, -0.1) is 0 Å². The van der Waals surface area contributed by atoms with Crippen LogP contribution in [0, 0.1) is 17.8 Å². The lowest BCUT2D eigenvalue weighted by atomic mass is 9.99. The van der Waals surface area contributed by atoms with Crippen LogP contribution in [0.4, 0.5) is 0 Å². The fourth-order valence-electron chi connectivity index (χ4n) is 9.59. The number of aliphatic hydroxyl groups is 1. The zero-order valence-corrected chi connectivity index (χ0v) is 56.1. The number of phosphoric ester groups is 2. The topological polar surface area (TPSA) is 237 Å². The van der Waals surface area contributed by atoms with Gasteiger partial charge in [-0.05, 0) is 43.4 Å². The summed E-state index contributed by atoms with van der Waals surface area (Å²) >= 11 is 0. The lowest BCUT2D eigenvalue weighted by Gasteiger charge is -2.21. The van der Waals surface area contributed by atoms with E-state index in [1.165, 1.54) is 116 Å². The molecule has 0 spiro atoms. The highest BCUT2D eigenvalue weighted by atomic mass is 31.2. The van der Waals surface area contributed by atoms with Crippen molar-refractivity contribution >= 4 is 39.5 Å². The van der Waals surface area contributed by atoms with Gasteiger partial charge in [0, 0.05) is 25.7 Å². The first-order valence-corrected chi connectivity index (χ1v) is 36.9. The average molecular weight is 1240 g/mol. The van der Waals surface area contributed by atoms with Crippen molar-refractivity contribution in [1.82, 2.24) is 0 Å². The van der Waals surface area contributed by atoms with Gasteiger partial charge in [0.1, 0.15) is 19.3 Å². The van der Waals surface area contributed by atoms with Gasteiger partial charge in [-0.25, -0.2) is 9.13 Å². The molecule has 0 aromatic heterocycles. The van der Waals surface area contributed by atoms with Crippen LogP contribution < -0.4 is 0 Å². The highest BCUT2D eigenvalue weighted by Crippen LogP contribution is 2.45. The Morgan fingerprint density at radius 3 is 0.905 bits per heavy atom. The second kappa shape index (κ2) is 56.3. The molecule has 0 saturated carbocycles. The summed E-state index contributed by atoms with van der Waals surface area (Å²) in [6.07, 6.45) is 37.6. The van der Waals surface area contributed by atoms with Crippen LogP contribution in [-0.4, -0.2) is 96.7 Å². The number of ether oxygens (including phenoxy) is 4. The molecule has 3 N–H and O–H groups in total. The summed E-state index contributed by atoms with van der Waals surface area (Å²) in [5.41, 5.74) is 0. The molecule has 0 aliphatic carbocycles. The largest absolute Gasteiger partial charge is 0.472 e. The Balaban J connectivity index is 5.23. The Morgan fingerprint density at radius 1 is 0.345 bits per heavy atom. The van der Waals surface area contributed by atoms with Gasteiger partial charge in [0.2, 0.25) is 0 Å². The molecule has 0 rings (SSSR count). The van der Waals surface area contributed by atoms with Crippen molar-refractivity contribution in [1.29, 1.82) is 0 Å². The number of carbonyl (C=O) groups excluding carboxylic acids is 4. The fraction of sp³-hybridized carbons (Fsp3) is 0.938. The van der Waals surface area contributed by atoms with E-state index in [1.807, 2.05) is 0 Å². The highest BCUT2D eigenvalue weighted by molar-refractivity contribution is 7.47. The SMILES string of the molecule is CCCCCCCCCC(=O)OC[C@H](COP(=O)(O)OC[C@H](O)COP(=O)(O)OC[C@@H](COC(=O)CCCCCCCCCCCCC(C)C)OC(=O)CCCCCCCCCCCCC(C)CC)OC(=O)CCCCCCCCC(C)CC. The van der Waals surface area contributed by atoms with Crippen LogP contribution in [-0.2, 0) is 65.4 Å². The van der Waals surface area contributed by atoms with Gasteiger partial charge in [-0.2, -0.15) is 0 Å². The Labute approximate surface area is 511 Å². The number of carbonyl (C=O) groups is 4. The summed E-state index contributed by atoms with van der Waals surface area (Å²) in [6, 6.07) is 0. The molecule has 498 valence electrons. The smallest absolute Gasteiger partial charge is 0.462 e. The van der Waals surface area contributed by atoms with E-state index < -0.39 is 97.5 Å². The predicted octanol–water partition coefficient (Wildman–Crippen LogP) is 17.9. The van der Waals surface area contributed by atoms with E-state index in [9.17, 15) is 43.2 Å². The molecule has 84 heavy (non-hydrogen) atoms. The third-order valence-corrected chi connectivity index (χ3v) is 17.5. The standard InChI is InChI=1S/C65H126O17P2/c1-8-11-12-13-22-32-39-46-62(67)75-52-61(82-65(70)49-42-35-28-27-31-38-45-58(7)10-3)55-80-84(73,74)78-51-59(66)50-77-83(71,72)79-54-60(53-76-63(68)47-40-33-25-20-16-14-18-23-29-36-43-56(4)5)81-64(69)48-41-34-26-21-17-15-19-24-30-37-44-57(6)9-2/h56-61,66H,8-55H2,1-7H3,(H,71,72)(H,73,74)/t57?,58?,59-,60-,61-/m1/s1. The maximum atomic E-state index is 13.0. The summed E-state index contributed by atoms with van der Waals surface area (Å²) in [6.45, 7) is 11.7. The zero-order valence-electron chi connectivity index (χ0n) is 54.4. The van der Waals surface area contributed by atoms with Gasteiger partial charge in [-0.1, -0.05) is 267 Å². The number of hydrogen-bond acceptors (Lipinski definition) is 15. The third kappa shape index (κ3) is 56.6. The maximum Gasteiger partial charge on any atom is 0.472 e. The first-order chi connectivity index (χ1) is 40.3. The Hall–Kier alpha value is -1.94. The molecule has 0 saturated heterocycles. The van der Waals surface area contributed by atoms with E-state index in [0.29, 0.717) is 25.7 Å². The summed E-state index contributed by atoms with van der Waals surface area (Å²) in [4.78, 5) is 72.2. The second-order valence-corrected chi connectivity index (χ2v) is 27.4. The van der Waals surface area contributed by atoms with E-state index >= 15 is 0 Å². The molecule has 0 aliphatic heterocycles. The molecule has 7 atom stereocenters. The van der Waals surface area contributed by atoms with Crippen molar-refractivity contribution in [2.24, 2.45) is 17.8 Å². The minimum Gasteiger partial charge on any atom is -0.462 e. The molecular weight excluding hydrogens is 1110 g/mol. The van der Waals surface area contributed by atoms with Crippen molar-refractivity contribution in [3.63, 3.8) is 0 Å². The number of aliphatic hydroxyl groups excluding tert-OH is 1. The molecule has 0 radical (unpaired) electrons. The van der Waals surface area contributed by atoms with Gasteiger partial charge in [0.25, 0.3) is 0 Å². The molecule has 0 aliphatic rings. The van der Waals surface area contributed by atoms with E-state index in [4.69, 9.17) is 37.0 Å². The molecule has 0 bridgehead atoms. The third-order valence-electron chi connectivity index (χ3n) is 15.6. The molecule has 0 amide bonds. The van der Waals surface area contributed by atoms with Crippen molar-refractivity contribution in [2.75, 3.05) is 39.6 Å². The maximum absolute atomic E-state index is 13.0. The van der Waals surface area contributed by atoms with Crippen molar-refractivity contribution in [3.05, 3.63) is 0 Å². The lowest BCUT2D eigenvalue weighted by molar-refractivity contribution is -0.161. The van der Waals surface area contributed by atoms with Gasteiger partial charge in [0.05, 0.1) is 26.4 Å². The van der Waals surface area contributed by atoms with Gasteiger partial charge in [0.15, 0.2) is 12.2 Å². The van der Waals surface area contributed by atoms with Crippen LogP contribution >= 0.6 is 15.6 Å². The van der Waals surface area contributed by atoms with E-state index in [2.05, 4.69) is 48.5 Å². The molecule has 0 heterocycles. The van der Waals surface area contributed by atoms with Gasteiger partial charge >= 0.3 is 39.5 Å². The Bertz CT molecular complexity index is 1670. The molecule has 4 unspecified atom stereocenters. The number of rotatable bonds is 63. The predicted molar refractivity (Wildman–Crippen MR) is 335 cm³/mol. The molecule has 19 heteroatoms. The molecule has 0 aromatic carbocycles. The first-order valence-electron chi connectivity index (χ1n) is 33.9. The van der Waals surface area contributed by atoms with Crippen LogP contribution in [0.25, 0.3) is 0 Å². The van der Waals surface area contributed by atoms with Crippen LogP contribution in [0.1, 0.15) is 318 Å². The van der Waals surface area contributed by atoms with E-state index in [1.54, 1.807) is 0 Å². The Kier molecular flexibility index (Phi) is 55.0. The van der Waals surface area contributed by atoms with Crippen molar-refractivity contribution in [3.8, 4) is 0 Å². The van der Waals surface area contributed by atoms with Gasteiger partial charge in [-0.3, -0.25) is 37.3 Å². The Morgan fingerprint density at radius 2 is 0.607 bits per heavy atom. The zero-order chi connectivity index (χ0) is 62.4. The monoisotopic (exact) mass is 1240 g/mol. The average Bonchev–Trinajstić information content (AvgIpc) is 3.48. The normalized spacial score (nSPS) is 15.0. The molecule has 0 fully saturated rings. The van der Waals surface area contributed by atoms with Crippen LogP contribution in [0.15, 0.2) is 0 Å². The summed E-state index contributed by atoms with van der Waals surface area (Å²) in [5, 5.41) is 10.5. The first kappa shape index (κ1) is 82.1. The minimum absolute atomic E-state index is 0.102. The molecule has 17 nitrogen and oxygen atoms in total. The number of hydrogen-bond donors (Lipinski definition) is 3. The number of phosphoric acid groups is 2. The van der Waals surface area contributed by atoms with E-state index in [-0.39, 0.29) is 25.7 Å². The van der Waals surface area contributed by atoms with Crippen LogP contribution in [0.2, 0.25) is 0 Å².